The molecule has 2 rings (SSSR count). The van der Waals surface area contributed by atoms with Crippen LogP contribution in [-0.2, 0) is 4.79 Å². The van der Waals surface area contributed by atoms with Gasteiger partial charge in [0.25, 0.3) is 0 Å². The average Bonchev–Trinajstić information content (AvgIpc) is 2.81. The van der Waals surface area contributed by atoms with Crippen LogP contribution in [0, 0.1) is 0 Å². The molecule has 0 spiro atoms. The Morgan fingerprint density at radius 2 is 2.11 bits per heavy atom. The van der Waals surface area contributed by atoms with E-state index in [0.717, 1.165) is 16.7 Å². The Kier molecular flexibility index (Phi) is 5.39. The van der Waals surface area contributed by atoms with Gasteiger partial charge in [0.05, 0.1) is 6.04 Å². The van der Waals surface area contributed by atoms with Crippen molar-refractivity contribution in [1.82, 2.24) is 4.90 Å². The summed E-state index contributed by atoms with van der Waals surface area (Å²) >= 11 is 0. The molecule has 4 nitrogen and oxygen atoms in total. The molecule has 1 aromatic heterocycles. The van der Waals surface area contributed by atoms with Gasteiger partial charge >= 0.3 is 0 Å². The van der Waals surface area contributed by atoms with Crippen molar-refractivity contribution in [2.45, 2.75) is 19.4 Å². The van der Waals surface area contributed by atoms with Crippen molar-refractivity contribution in [2.24, 2.45) is 5.73 Å². The van der Waals surface area contributed by atoms with E-state index in [2.05, 4.69) is 0 Å². The summed E-state index contributed by atoms with van der Waals surface area (Å²) in [5.74, 6) is 0.828. The molecule has 19 heavy (non-hydrogen) atoms. The zero-order chi connectivity index (χ0) is 13.1. The highest BCUT2D eigenvalue weighted by Gasteiger charge is 2.19. The highest BCUT2D eigenvalue weighted by molar-refractivity contribution is 5.85. The number of nitrogens with zero attached hydrogens (tertiary/aromatic N) is 1. The van der Waals surface area contributed by atoms with Crippen LogP contribution in [-0.4, -0.2) is 24.4 Å². The zero-order valence-corrected chi connectivity index (χ0v) is 11.9. The van der Waals surface area contributed by atoms with Crippen LogP contribution in [0.1, 0.15) is 25.1 Å². The Labute approximate surface area is 119 Å². The van der Waals surface area contributed by atoms with E-state index in [1.54, 1.807) is 11.9 Å². The van der Waals surface area contributed by atoms with E-state index in [1.807, 2.05) is 37.3 Å². The Bertz CT molecular complexity index is 520. The van der Waals surface area contributed by atoms with Gasteiger partial charge in [0.1, 0.15) is 11.3 Å². The average molecular weight is 283 g/mol. The molecular weight excluding hydrogens is 264 g/mol. The van der Waals surface area contributed by atoms with Crippen LogP contribution < -0.4 is 5.73 Å². The number of amides is 1. The topological polar surface area (TPSA) is 59.5 Å². The van der Waals surface area contributed by atoms with Crippen molar-refractivity contribution in [3.05, 3.63) is 36.1 Å². The standard InChI is InChI=1S/C14H18N2O2.ClH/c1-10(16(2)14(17)7-8-15)13-9-11-5-3-4-6-12(11)18-13;/h3-6,9-10H,7-8,15H2,1-2H3;1H. The minimum absolute atomic E-state index is 0. The third kappa shape index (κ3) is 3.28. The van der Waals surface area contributed by atoms with E-state index in [9.17, 15) is 4.79 Å². The van der Waals surface area contributed by atoms with Crippen molar-refractivity contribution in [2.75, 3.05) is 13.6 Å². The first kappa shape index (κ1) is 15.5. The van der Waals surface area contributed by atoms with Crippen molar-refractivity contribution >= 4 is 29.3 Å². The summed E-state index contributed by atoms with van der Waals surface area (Å²) in [7, 11) is 1.77. The van der Waals surface area contributed by atoms with E-state index in [4.69, 9.17) is 10.2 Å². The van der Waals surface area contributed by atoms with E-state index in [-0.39, 0.29) is 24.4 Å². The normalized spacial score (nSPS) is 11.9. The number of fused-ring (bicyclic) bond motifs is 1. The van der Waals surface area contributed by atoms with Crippen LogP contribution in [0.5, 0.6) is 0 Å². The molecule has 1 heterocycles. The van der Waals surface area contributed by atoms with Gasteiger partial charge in [0.2, 0.25) is 5.91 Å². The molecular formula is C14H19ClN2O2. The van der Waals surface area contributed by atoms with Gasteiger partial charge in [-0.15, -0.1) is 12.4 Å². The van der Waals surface area contributed by atoms with Crippen molar-refractivity contribution < 1.29 is 9.21 Å². The molecule has 1 atom stereocenters. The van der Waals surface area contributed by atoms with Crippen LogP contribution in [0.3, 0.4) is 0 Å². The Balaban J connectivity index is 0.00000180. The molecule has 0 aliphatic heterocycles. The fraction of sp³-hybridized carbons (Fsp3) is 0.357. The number of para-hydroxylation sites is 1. The maximum Gasteiger partial charge on any atom is 0.224 e. The van der Waals surface area contributed by atoms with Gasteiger partial charge in [0.15, 0.2) is 0 Å². The third-order valence-electron chi connectivity index (χ3n) is 3.19. The van der Waals surface area contributed by atoms with Gasteiger partial charge in [-0.1, -0.05) is 18.2 Å². The van der Waals surface area contributed by atoms with E-state index < -0.39 is 0 Å². The molecule has 104 valence electrons. The number of hydrogen-bond acceptors (Lipinski definition) is 3. The van der Waals surface area contributed by atoms with Crippen LogP contribution in [0.15, 0.2) is 34.7 Å². The van der Waals surface area contributed by atoms with Crippen LogP contribution in [0.4, 0.5) is 0 Å². The first-order chi connectivity index (χ1) is 8.63. The molecule has 1 amide bonds. The second kappa shape index (κ2) is 6.59. The lowest BCUT2D eigenvalue weighted by atomic mass is 10.2. The largest absolute Gasteiger partial charge is 0.459 e. The lowest BCUT2D eigenvalue weighted by Gasteiger charge is -2.23. The molecule has 1 unspecified atom stereocenters. The van der Waals surface area contributed by atoms with Gasteiger partial charge in [-0.25, -0.2) is 0 Å². The SMILES string of the molecule is CC(c1cc2ccccc2o1)N(C)C(=O)CCN.Cl. The number of carbonyl (C=O) groups is 1. The highest BCUT2D eigenvalue weighted by Crippen LogP contribution is 2.26. The quantitative estimate of drug-likeness (QED) is 0.938. The molecule has 0 aliphatic carbocycles. The second-order valence-electron chi connectivity index (χ2n) is 4.41. The molecule has 0 saturated heterocycles. The maximum absolute atomic E-state index is 11.8. The lowest BCUT2D eigenvalue weighted by molar-refractivity contribution is -0.131. The smallest absolute Gasteiger partial charge is 0.224 e. The van der Waals surface area contributed by atoms with Gasteiger partial charge in [-0.3, -0.25) is 4.79 Å². The lowest BCUT2D eigenvalue weighted by Crippen LogP contribution is -2.30. The number of halogens is 1. The number of hydrogen-bond donors (Lipinski definition) is 1. The van der Waals surface area contributed by atoms with Crippen molar-refractivity contribution in [1.29, 1.82) is 0 Å². The summed E-state index contributed by atoms with van der Waals surface area (Å²) in [4.78, 5) is 13.4. The van der Waals surface area contributed by atoms with Gasteiger partial charge in [-0.05, 0) is 19.1 Å². The minimum Gasteiger partial charge on any atom is -0.459 e. The van der Waals surface area contributed by atoms with Crippen LogP contribution in [0.2, 0.25) is 0 Å². The van der Waals surface area contributed by atoms with Crippen LogP contribution >= 0.6 is 12.4 Å². The van der Waals surface area contributed by atoms with Crippen molar-refractivity contribution in [3.63, 3.8) is 0 Å². The predicted molar refractivity (Wildman–Crippen MR) is 78.3 cm³/mol. The first-order valence-corrected chi connectivity index (χ1v) is 6.07. The Morgan fingerprint density at radius 1 is 1.42 bits per heavy atom. The Hall–Kier alpha value is -1.52. The summed E-state index contributed by atoms with van der Waals surface area (Å²) < 4.78 is 5.75. The first-order valence-electron chi connectivity index (χ1n) is 6.07. The van der Waals surface area contributed by atoms with Gasteiger partial charge in [-0.2, -0.15) is 0 Å². The van der Waals surface area contributed by atoms with Crippen molar-refractivity contribution in [3.8, 4) is 0 Å². The summed E-state index contributed by atoms with van der Waals surface area (Å²) in [5, 5.41) is 1.05. The monoisotopic (exact) mass is 282 g/mol. The summed E-state index contributed by atoms with van der Waals surface area (Å²) in [6.07, 6.45) is 0.362. The minimum atomic E-state index is -0.0866. The maximum atomic E-state index is 11.8. The van der Waals surface area contributed by atoms with E-state index >= 15 is 0 Å². The number of rotatable bonds is 4. The number of furan rings is 1. The molecule has 2 aromatic rings. The molecule has 0 saturated carbocycles. The summed E-state index contributed by atoms with van der Waals surface area (Å²) in [6.45, 7) is 2.32. The zero-order valence-electron chi connectivity index (χ0n) is 11.1. The fourth-order valence-corrected chi connectivity index (χ4v) is 1.91. The fourth-order valence-electron chi connectivity index (χ4n) is 1.91. The van der Waals surface area contributed by atoms with E-state index in [0.29, 0.717) is 13.0 Å². The highest BCUT2D eigenvalue weighted by atomic mass is 35.5. The van der Waals surface area contributed by atoms with E-state index in [1.165, 1.54) is 0 Å². The number of benzene rings is 1. The molecule has 0 aliphatic rings. The molecule has 2 N–H and O–H groups in total. The molecule has 5 heteroatoms. The molecule has 0 radical (unpaired) electrons. The number of nitrogens with two attached hydrogens (primary N) is 1. The van der Waals surface area contributed by atoms with Gasteiger partial charge in [0, 0.05) is 25.4 Å². The molecule has 1 aromatic carbocycles. The second-order valence-corrected chi connectivity index (χ2v) is 4.41. The third-order valence-corrected chi connectivity index (χ3v) is 3.19. The molecule has 0 fully saturated rings. The Morgan fingerprint density at radius 3 is 2.74 bits per heavy atom. The van der Waals surface area contributed by atoms with Gasteiger partial charge < -0.3 is 15.1 Å². The summed E-state index contributed by atoms with van der Waals surface area (Å²) in [5.41, 5.74) is 6.24. The molecule has 0 bridgehead atoms. The number of carbonyl (C=O) groups excluding carboxylic acids is 1. The summed E-state index contributed by atoms with van der Waals surface area (Å²) in [6, 6.07) is 9.71. The predicted octanol–water partition coefficient (Wildman–Crippen LogP) is 2.72. The van der Waals surface area contributed by atoms with Crippen LogP contribution in [0.25, 0.3) is 11.0 Å².